The van der Waals surface area contributed by atoms with E-state index in [1.807, 2.05) is 12.7 Å². The van der Waals surface area contributed by atoms with Crippen molar-refractivity contribution in [3.05, 3.63) is 59.7 Å². The minimum absolute atomic E-state index is 0.00669. The molecule has 5 atom stereocenters. The van der Waals surface area contributed by atoms with E-state index in [1.165, 1.54) is 22.5 Å². The molecule has 164 valence electrons. The highest BCUT2D eigenvalue weighted by molar-refractivity contribution is 5.78. The molecule has 4 aliphatic heterocycles. The summed E-state index contributed by atoms with van der Waals surface area (Å²) >= 11 is 0. The number of hydrogen-bond acceptors (Lipinski definition) is 7. The predicted octanol–water partition coefficient (Wildman–Crippen LogP) is 3.12. The summed E-state index contributed by atoms with van der Waals surface area (Å²) in [5.41, 5.74) is 12.1. The maximum Gasteiger partial charge on any atom is 0.157 e. The summed E-state index contributed by atoms with van der Waals surface area (Å²) in [5.74, 6) is 0. The van der Waals surface area contributed by atoms with Gasteiger partial charge >= 0.3 is 0 Å². The number of rotatable bonds is 1. The van der Waals surface area contributed by atoms with E-state index < -0.39 is 0 Å². The van der Waals surface area contributed by atoms with Crippen LogP contribution in [-0.2, 0) is 5.41 Å². The number of benzene rings is 2. The average molecular weight is 428 g/mol. The first-order valence-electron chi connectivity index (χ1n) is 11.7. The number of fused-ring (bicyclic) bond motifs is 8. The molecule has 7 rings (SSSR count). The number of hydrogen-bond donors (Lipinski definition) is 2. The Labute approximate surface area is 188 Å². The van der Waals surface area contributed by atoms with E-state index in [0.29, 0.717) is 18.1 Å². The van der Waals surface area contributed by atoms with Crippen LogP contribution in [0.5, 0.6) is 0 Å². The predicted molar refractivity (Wildman–Crippen MR) is 127 cm³/mol. The van der Waals surface area contributed by atoms with E-state index in [9.17, 15) is 0 Å². The molecule has 0 amide bonds. The molecule has 1 saturated carbocycles. The van der Waals surface area contributed by atoms with Crippen molar-refractivity contribution in [3.63, 3.8) is 0 Å². The standard InChI is InChI=1S/C25H29N7/c1-25(2)17-7-3-5-9-19(17)32(20-10-6-4-8-18(20)25)16-11-12-21-22(13-16)31-15-27-29-24(31)23-28-26-14-30(21)23/h3-10,14-16,21-24,28-29H,11-13H2,1-2H3. The van der Waals surface area contributed by atoms with Gasteiger partial charge in [0.1, 0.15) is 12.7 Å². The zero-order valence-electron chi connectivity index (χ0n) is 18.5. The Balaban J connectivity index is 1.30. The molecule has 7 nitrogen and oxygen atoms in total. The van der Waals surface area contributed by atoms with E-state index in [1.54, 1.807) is 0 Å². The van der Waals surface area contributed by atoms with Gasteiger partial charge in [-0.15, -0.1) is 0 Å². The smallest absolute Gasteiger partial charge is 0.157 e. The molecule has 4 heterocycles. The van der Waals surface area contributed by atoms with Gasteiger partial charge in [0, 0.05) is 22.8 Å². The second-order valence-electron chi connectivity index (χ2n) is 10.2. The van der Waals surface area contributed by atoms with Crippen LogP contribution < -0.4 is 15.8 Å². The lowest BCUT2D eigenvalue weighted by Gasteiger charge is -2.55. The van der Waals surface area contributed by atoms with Crippen LogP contribution in [-0.4, -0.2) is 52.9 Å². The molecule has 2 aromatic carbocycles. The summed E-state index contributed by atoms with van der Waals surface area (Å²) in [6.07, 6.45) is 7.65. The SMILES string of the molecule is CC1(C)c2ccccc2N(C2CCC3C(C2)N2C=NNC2C2NN=CN32)c2ccccc21. The molecule has 2 aromatic rings. The first kappa shape index (κ1) is 18.4. The minimum atomic E-state index is -0.00669. The number of nitrogens with one attached hydrogen (secondary N) is 2. The minimum Gasteiger partial charge on any atom is -0.338 e. The lowest BCUT2D eigenvalue weighted by Crippen LogP contribution is -2.71. The second-order valence-corrected chi connectivity index (χ2v) is 10.2. The fourth-order valence-electron chi connectivity index (χ4n) is 6.79. The number of piperazine rings is 1. The Morgan fingerprint density at radius 1 is 0.781 bits per heavy atom. The zero-order chi connectivity index (χ0) is 21.4. The molecule has 7 heteroatoms. The van der Waals surface area contributed by atoms with Gasteiger partial charge in [0.2, 0.25) is 0 Å². The first-order chi connectivity index (χ1) is 15.6. The normalized spacial score (nSPS) is 32.9. The lowest BCUT2D eigenvalue weighted by atomic mass is 9.72. The van der Waals surface area contributed by atoms with Crippen molar-refractivity contribution in [1.82, 2.24) is 20.7 Å². The van der Waals surface area contributed by atoms with Crippen molar-refractivity contribution >= 4 is 24.1 Å². The van der Waals surface area contributed by atoms with Gasteiger partial charge in [-0.3, -0.25) is 10.9 Å². The van der Waals surface area contributed by atoms with Gasteiger partial charge in [-0.1, -0.05) is 50.2 Å². The van der Waals surface area contributed by atoms with Crippen molar-refractivity contribution in [1.29, 1.82) is 0 Å². The van der Waals surface area contributed by atoms with Crippen molar-refractivity contribution in [2.75, 3.05) is 4.90 Å². The molecule has 5 unspecified atom stereocenters. The zero-order valence-corrected chi connectivity index (χ0v) is 18.5. The third-order valence-electron chi connectivity index (χ3n) is 8.30. The number of nitrogens with zero attached hydrogens (tertiary/aromatic N) is 5. The number of para-hydroxylation sites is 2. The molecule has 1 saturated heterocycles. The van der Waals surface area contributed by atoms with Gasteiger partial charge in [0.25, 0.3) is 0 Å². The Bertz CT molecular complexity index is 1080. The molecule has 32 heavy (non-hydrogen) atoms. The van der Waals surface area contributed by atoms with Crippen LogP contribution in [0.3, 0.4) is 0 Å². The van der Waals surface area contributed by atoms with Crippen LogP contribution >= 0.6 is 0 Å². The second kappa shape index (κ2) is 6.40. The molecule has 1 aliphatic carbocycles. The Hall–Kier alpha value is -3.22. The largest absolute Gasteiger partial charge is 0.338 e. The Kier molecular flexibility index (Phi) is 3.67. The van der Waals surface area contributed by atoms with E-state index >= 15 is 0 Å². The first-order valence-corrected chi connectivity index (χ1v) is 11.7. The van der Waals surface area contributed by atoms with E-state index in [4.69, 9.17) is 0 Å². The van der Waals surface area contributed by atoms with Gasteiger partial charge in [0.15, 0.2) is 12.3 Å². The van der Waals surface area contributed by atoms with Crippen molar-refractivity contribution in [2.24, 2.45) is 10.2 Å². The monoisotopic (exact) mass is 427 g/mol. The third-order valence-corrected chi connectivity index (χ3v) is 8.30. The lowest BCUT2D eigenvalue weighted by molar-refractivity contribution is -0.00878. The van der Waals surface area contributed by atoms with Crippen LogP contribution in [0, 0.1) is 0 Å². The van der Waals surface area contributed by atoms with Gasteiger partial charge < -0.3 is 14.7 Å². The molecule has 0 bridgehead atoms. The maximum atomic E-state index is 4.42. The quantitative estimate of drug-likeness (QED) is 0.732. The van der Waals surface area contributed by atoms with Crippen LogP contribution in [0.1, 0.15) is 44.2 Å². The summed E-state index contributed by atoms with van der Waals surface area (Å²) in [5, 5.41) is 8.80. The van der Waals surface area contributed by atoms with Gasteiger partial charge in [-0.25, -0.2) is 0 Å². The van der Waals surface area contributed by atoms with Crippen LogP contribution in [0.2, 0.25) is 0 Å². The molecule has 0 radical (unpaired) electrons. The van der Waals surface area contributed by atoms with Crippen LogP contribution in [0.4, 0.5) is 11.4 Å². The summed E-state index contributed by atoms with van der Waals surface area (Å²) in [6.45, 7) is 4.72. The van der Waals surface area contributed by atoms with Crippen LogP contribution in [0.15, 0.2) is 58.7 Å². The summed E-state index contributed by atoms with van der Waals surface area (Å²) in [4.78, 5) is 7.50. The molecular weight excluding hydrogens is 398 g/mol. The highest BCUT2D eigenvalue weighted by Gasteiger charge is 2.52. The van der Waals surface area contributed by atoms with E-state index in [2.05, 4.69) is 98.1 Å². The van der Waals surface area contributed by atoms with E-state index in [-0.39, 0.29) is 17.7 Å². The molecule has 5 aliphatic rings. The Morgan fingerprint density at radius 3 is 1.97 bits per heavy atom. The molecule has 2 N–H and O–H groups in total. The third kappa shape index (κ3) is 2.31. The van der Waals surface area contributed by atoms with Gasteiger partial charge in [-0.2, -0.15) is 10.2 Å². The number of hydrazone groups is 2. The highest BCUT2D eigenvalue weighted by atomic mass is 15.6. The molecule has 0 spiro atoms. The summed E-state index contributed by atoms with van der Waals surface area (Å²) in [6, 6.07) is 19.3. The summed E-state index contributed by atoms with van der Waals surface area (Å²) in [7, 11) is 0. The van der Waals surface area contributed by atoms with Crippen molar-refractivity contribution in [3.8, 4) is 0 Å². The van der Waals surface area contributed by atoms with Gasteiger partial charge in [-0.05, 0) is 42.5 Å². The highest BCUT2D eigenvalue weighted by Crippen LogP contribution is 2.51. The molecule has 2 fully saturated rings. The molecular formula is C25H29N7. The maximum absolute atomic E-state index is 4.42. The molecule has 0 aromatic heterocycles. The topological polar surface area (TPSA) is 58.5 Å². The summed E-state index contributed by atoms with van der Waals surface area (Å²) < 4.78 is 0. The fraction of sp³-hybridized carbons (Fsp3) is 0.440. The number of anilines is 2. The average Bonchev–Trinajstić information content (AvgIpc) is 3.49. The van der Waals surface area contributed by atoms with Gasteiger partial charge in [0.05, 0.1) is 12.1 Å². The van der Waals surface area contributed by atoms with E-state index in [0.717, 1.165) is 19.3 Å². The Morgan fingerprint density at radius 2 is 1.34 bits per heavy atom. The van der Waals surface area contributed by atoms with Crippen LogP contribution in [0.25, 0.3) is 0 Å². The fourth-order valence-corrected chi connectivity index (χ4v) is 6.79. The van der Waals surface area contributed by atoms with Crippen molar-refractivity contribution in [2.45, 2.75) is 69.0 Å². The van der Waals surface area contributed by atoms with Crippen molar-refractivity contribution < 1.29 is 0 Å².